The quantitative estimate of drug-likeness (QED) is 0.470. The number of Topliss-reactive ketones (excluding diaryl/α,β-unsaturated/α-hetero) is 1. The molecule has 0 radical (unpaired) electrons. The highest BCUT2D eigenvalue weighted by Crippen LogP contribution is 2.19. The largest absolute Gasteiger partial charge is 0.497 e. The molecule has 0 fully saturated rings. The first-order valence-electron chi connectivity index (χ1n) is 5.46. The van der Waals surface area contributed by atoms with Crippen molar-refractivity contribution < 1.29 is 19.1 Å². The molecule has 4 heteroatoms. The van der Waals surface area contributed by atoms with Crippen molar-refractivity contribution >= 4 is 11.8 Å². The number of rotatable bonds is 4. The fourth-order valence-corrected chi connectivity index (χ4v) is 1.04. The van der Waals surface area contributed by atoms with Crippen molar-refractivity contribution in [1.82, 2.24) is 0 Å². The van der Waals surface area contributed by atoms with Crippen LogP contribution in [0.1, 0.15) is 34.6 Å². The molecule has 18 heavy (non-hydrogen) atoms. The number of hydrogen-bond donors (Lipinski definition) is 0. The Morgan fingerprint density at radius 3 is 2.22 bits per heavy atom. The van der Waals surface area contributed by atoms with Gasteiger partial charge in [0.1, 0.15) is 23.7 Å². The summed E-state index contributed by atoms with van der Waals surface area (Å²) in [5.41, 5.74) is 0. The predicted molar refractivity (Wildman–Crippen MR) is 72.0 cm³/mol. The van der Waals surface area contributed by atoms with Crippen LogP contribution >= 0.6 is 0 Å². The second-order valence-corrected chi connectivity index (χ2v) is 3.03. The highest BCUT2D eigenvalue weighted by atomic mass is 16.5. The first-order chi connectivity index (χ1) is 8.11. The van der Waals surface area contributed by atoms with E-state index in [-0.39, 0.29) is 19.6 Å². The first-order valence-corrected chi connectivity index (χ1v) is 5.46. The molecule has 0 aliphatic heterocycles. The van der Waals surface area contributed by atoms with Gasteiger partial charge in [0.2, 0.25) is 0 Å². The van der Waals surface area contributed by atoms with Crippen LogP contribution in [0.4, 0.5) is 0 Å². The minimum Gasteiger partial charge on any atom is -0.497 e. The molecule has 0 atom stereocenters. The van der Waals surface area contributed by atoms with Crippen LogP contribution < -0.4 is 9.47 Å². The van der Waals surface area contributed by atoms with Crippen LogP contribution in [0.25, 0.3) is 0 Å². The predicted octanol–water partition coefficient (Wildman–Crippen LogP) is 3.24. The summed E-state index contributed by atoms with van der Waals surface area (Å²) in [5, 5.41) is 0. The number of ether oxygens (including phenoxy) is 2. The average Bonchev–Trinajstić information content (AvgIpc) is 2.30. The molecule has 0 amide bonds. The molecule has 0 N–H and O–H groups in total. The van der Waals surface area contributed by atoms with Gasteiger partial charge >= 0.3 is 5.97 Å². The molecule has 1 aromatic rings. The molecule has 0 saturated heterocycles. The lowest BCUT2D eigenvalue weighted by Crippen LogP contribution is -2.11. The van der Waals surface area contributed by atoms with Gasteiger partial charge in [0.25, 0.3) is 0 Å². The normalized spacial score (nSPS) is 8.22. The van der Waals surface area contributed by atoms with E-state index in [1.54, 1.807) is 24.3 Å². The maximum Gasteiger partial charge on any atom is 0.318 e. The van der Waals surface area contributed by atoms with E-state index in [1.165, 1.54) is 14.0 Å². The molecular formula is C14H22O4. The Bertz CT molecular complexity index is 372. The van der Waals surface area contributed by atoms with Gasteiger partial charge in [0.15, 0.2) is 0 Å². The van der Waals surface area contributed by atoms with Crippen molar-refractivity contribution in [3.63, 3.8) is 0 Å². The monoisotopic (exact) mass is 254 g/mol. The van der Waals surface area contributed by atoms with Crippen LogP contribution in [0.2, 0.25) is 0 Å². The zero-order valence-electron chi connectivity index (χ0n) is 10.6. The molecule has 0 aliphatic rings. The molecule has 0 aliphatic carbocycles. The summed E-state index contributed by atoms with van der Waals surface area (Å²) < 4.78 is 9.89. The summed E-state index contributed by atoms with van der Waals surface area (Å²) in [4.78, 5) is 21.8. The lowest BCUT2D eigenvalue weighted by Gasteiger charge is -2.04. The zero-order valence-corrected chi connectivity index (χ0v) is 10.6. The Morgan fingerprint density at radius 2 is 1.72 bits per heavy atom. The highest BCUT2D eigenvalue weighted by molar-refractivity contribution is 5.94. The van der Waals surface area contributed by atoms with E-state index in [2.05, 4.69) is 0 Å². The summed E-state index contributed by atoms with van der Waals surface area (Å²) in [5.74, 6) is 0.197. The van der Waals surface area contributed by atoms with Gasteiger partial charge in [0.05, 0.1) is 7.11 Å². The van der Waals surface area contributed by atoms with Crippen molar-refractivity contribution in [2.45, 2.75) is 34.6 Å². The highest BCUT2D eigenvalue weighted by Gasteiger charge is 2.08. The summed E-state index contributed by atoms with van der Waals surface area (Å²) in [6.45, 7) is 5.34. The van der Waals surface area contributed by atoms with E-state index in [1.807, 2.05) is 13.8 Å². The van der Waals surface area contributed by atoms with E-state index in [0.29, 0.717) is 11.5 Å². The molecule has 0 aromatic heterocycles. The van der Waals surface area contributed by atoms with Gasteiger partial charge in [-0.3, -0.25) is 9.59 Å². The van der Waals surface area contributed by atoms with Crippen LogP contribution in [0.5, 0.6) is 11.5 Å². The SMILES string of the molecule is C.CC.COc1cccc(OC(=O)CC(C)=O)c1. The first kappa shape index (κ1) is 18.5. The fourth-order valence-electron chi connectivity index (χ4n) is 1.04. The summed E-state index contributed by atoms with van der Waals surface area (Å²) in [7, 11) is 1.52. The van der Waals surface area contributed by atoms with E-state index >= 15 is 0 Å². The van der Waals surface area contributed by atoms with Crippen molar-refractivity contribution in [2.24, 2.45) is 0 Å². The Morgan fingerprint density at radius 1 is 1.17 bits per heavy atom. The molecule has 0 saturated carbocycles. The van der Waals surface area contributed by atoms with Gasteiger partial charge in [0, 0.05) is 6.07 Å². The summed E-state index contributed by atoms with van der Waals surface area (Å²) in [6, 6.07) is 6.65. The Balaban J connectivity index is 0. The second-order valence-electron chi connectivity index (χ2n) is 3.03. The minimum absolute atomic E-state index is 0. The smallest absolute Gasteiger partial charge is 0.318 e. The molecule has 0 bridgehead atoms. The van der Waals surface area contributed by atoms with Crippen LogP contribution in [-0.2, 0) is 9.59 Å². The maximum absolute atomic E-state index is 11.1. The molecule has 102 valence electrons. The number of benzene rings is 1. The average molecular weight is 254 g/mol. The molecule has 0 spiro atoms. The number of hydrogen-bond acceptors (Lipinski definition) is 4. The van der Waals surface area contributed by atoms with Crippen molar-refractivity contribution in [3.8, 4) is 11.5 Å². The van der Waals surface area contributed by atoms with Crippen LogP contribution in [0.15, 0.2) is 24.3 Å². The van der Waals surface area contributed by atoms with E-state index < -0.39 is 5.97 Å². The van der Waals surface area contributed by atoms with Gasteiger partial charge in [-0.25, -0.2) is 0 Å². The summed E-state index contributed by atoms with van der Waals surface area (Å²) in [6.07, 6.45) is -0.211. The molecule has 1 rings (SSSR count). The molecule has 1 aromatic carbocycles. The Labute approximate surface area is 109 Å². The Kier molecular flexibility index (Phi) is 10.6. The van der Waals surface area contributed by atoms with Gasteiger partial charge in [-0.1, -0.05) is 27.3 Å². The number of carbonyl (C=O) groups excluding carboxylic acids is 2. The van der Waals surface area contributed by atoms with Crippen LogP contribution in [0, 0.1) is 0 Å². The van der Waals surface area contributed by atoms with Gasteiger partial charge in [-0.2, -0.15) is 0 Å². The number of ketones is 1. The lowest BCUT2D eigenvalue weighted by atomic mass is 10.3. The standard InChI is InChI=1S/C11H12O4.C2H6.CH4/c1-8(12)6-11(13)15-10-5-3-4-9(7-10)14-2;1-2;/h3-5,7H,6H2,1-2H3;1-2H3;1H4. The minimum atomic E-state index is -0.559. The Hall–Kier alpha value is -1.84. The van der Waals surface area contributed by atoms with Crippen LogP contribution in [-0.4, -0.2) is 18.9 Å². The molecule has 0 unspecified atom stereocenters. The van der Waals surface area contributed by atoms with Crippen molar-refractivity contribution in [2.75, 3.05) is 7.11 Å². The number of carbonyl (C=O) groups is 2. The van der Waals surface area contributed by atoms with Crippen LogP contribution in [0.3, 0.4) is 0 Å². The maximum atomic E-state index is 11.1. The third-order valence-electron chi connectivity index (χ3n) is 1.67. The second kappa shape index (κ2) is 10.3. The topological polar surface area (TPSA) is 52.6 Å². The molecule has 0 heterocycles. The van der Waals surface area contributed by atoms with Gasteiger partial charge in [-0.05, 0) is 19.1 Å². The van der Waals surface area contributed by atoms with Crippen molar-refractivity contribution in [3.05, 3.63) is 24.3 Å². The van der Waals surface area contributed by atoms with Gasteiger partial charge < -0.3 is 9.47 Å². The number of esters is 1. The lowest BCUT2D eigenvalue weighted by molar-refractivity contribution is -0.137. The van der Waals surface area contributed by atoms with E-state index in [0.717, 1.165) is 0 Å². The van der Waals surface area contributed by atoms with Crippen molar-refractivity contribution in [1.29, 1.82) is 0 Å². The van der Waals surface area contributed by atoms with E-state index in [9.17, 15) is 9.59 Å². The third-order valence-corrected chi connectivity index (χ3v) is 1.67. The fraction of sp³-hybridized carbons (Fsp3) is 0.429. The van der Waals surface area contributed by atoms with E-state index in [4.69, 9.17) is 9.47 Å². The third kappa shape index (κ3) is 7.44. The molecule has 4 nitrogen and oxygen atoms in total. The molecular weight excluding hydrogens is 232 g/mol. The summed E-state index contributed by atoms with van der Waals surface area (Å²) >= 11 is 0. The number of methoxy groups -OCH3 is 1. The zero-order chi connectivity index (χ0) is 13.3. The van der Waals surface area contributed by atoms with Gasteiger partial charge in [-0.15, -0.1) is 0 Å².